The molecular weight excluding hydrogens is 381 g/mol. The van der Waals surface area contributed by atoms with Crippen molar-refractivity contribution < 1.29 is 4.39 Å². The molecule has 2 heterocycles. The molecule has 7 heteroatoms. The van der Waals surface area contributed by atoms with E-state index < -0.39 is 5.82 Å². The van der Waals surface area contributed by atoms with Gasteiger partial charge in [-0.25, -0.2) is 9.37 Å². The minimum absolute atomic E-state index is 0.207. The van der Waals surface area contributed by atoms with Gasteiger partial charge in [0.1, 0.15) is 11.8 Å². The van der Waals surface area contributed by atoms with Gasteiger partial charge in [0, 0.05) is 43.5 Å². The molecule has 0 saturated heterocycles. The van der Waals surface area contributed by atoms with Gasteiger partial charge in [0.15, 0.2) is 5.82 Å². The zero-order valence-corrected chi connectivity index (χ0v) is 17.2. The monoisotopic (exact) mass is 405 g/mol. The van der Waals surface area contributed by atoms with Gasteiger partial charge < -0.3 is 4.90 Å². The second-order valence-corrected chi connectivity index (χ2v) is 8.19. The summed E-state index contributed by atoms with van der Waals surface area (Å²) in [6.45, 7) is 0. The van der Waals surface area contributed by atoms with Crippen LogP contribution in [0.5, 0.6) is 0 Å². The van der Waals surface area contributed by atoms with Crippen LogP contribution in [-0.2, 0) is 7.05 Å². The topological polar surface area (TPSA) is 56.0 Å². The summed E-state index contributed by atoms with van der Waals surface area (Å²) in [5.74, 6) is -0.458. The second kappa shape index (κ2) is 7.23. The number of nitrogens with zero attached hydrogens (tertiary/aromatic N) is 5. The zero-order valence-electron chi connectivity index (χ0n) is 17.2. The third-order valence-corrected chi connectivity index (χ3v) is 6.21. The smallest absolute Gasteiger partial charge is 0.265 e. The van der Waals surface area contributed by atoms with Crippen LogP contribution < -0.4 is 10.5 Å². The lowest BCUT2D eigenvalue weighted by molar-refractivity contribution is 0.427. The Bertz CT molecular complexity index is 1300. The highest BCUT2D eigenvalue weighted by atomic mass is 19.1. The van der Waals surface area contributed by atoms with Gasteiger partial charge in [-0.3, -0.25) is 14.0 Å². The van der Waals surface area contributed by atoms with Crippen LogP contribution >= 0.6 is 0 Å². The molecule has 0 N–H and O–H groups in total. The van der Waals surface area contributed by atoms with E-state index in [1.807, 2.05) is 18.2 Å². The molecule has 2 aromatic heterocycles. The predicted octanol–water partition coefficient (Wildman–Crippen LogP) is 4.18. The van der Waals surface area contributed by atoms with Crippen molar-refractivity contribution in [1.29, 1.82) is 0 Å². The molecule has 6 nitrogen and oxygen atoms in total. The highest BCUT2D eigenvalue weighted by Gasteiger charge is 2.19. The molecular formula is C23H24FN5O. The number of benzene rings is 2. The quantitative estimate of drug-likeness (QED) is 0.513. The Balaban J connectivity index is 1.60. The molecule has 5 rings (SSSR count). The van der Waals surface area contributed by atoms with Crippen LogP contribution in [0.3, 0.4) is 0 Å². The Morgan fingerprint density at radius 2 is 1.93 bits per heavy atom. The van der Waals surface area contributed by atoms with Crippen LogP contribution in [0.1, 0.15) is 32.1 Å². The van der Waals surface area contributed by atoms with Crippen molar-refractivity contribution in [1.82, 2.24) is 19.3 Å². The maximum absolute atomic E-state index is 14.5. The number of anilines is 1. The molecule has 154 valence electrons. The molecule has 1 fully saturated rings. The molecule has 0 radical (unpaired) electrons. The lowest BCUT2D eigenvalue weighted by atomic mass is 9.94. The molecule has 1 saturated carbocycles. The van der Waals surface area contributed by atoms with Gasteiger partial charge in [-0.15, -0.1) is 0 Å². The first kappa shape index (κ1) is 18.8. The van der Waals surface area contributed by atoms with E-state index in [-0.39, 0.29) is 5.56 Å². The van der Waals surface area contributed by atoms with Crippen molar-refractivity contribution in [2.45, 2.75) is 38.1 Å². The number of aryl methyl sites for hydroxylation is 1. The van der Waals surface area contributed by atoms with Crippen molar-refractivity contribution in [3.8, 4) is 5.69 Å². The second-order valence-electron chi connectivity index (χ2n) is 8.19. The van der Waals surface area contributed by atoms with Crippen LogP contribution in [0.2, 0.25) is 0 Å². The van der Waals surface area contributed by atoms with Crippen LogP contribution in [0.4, 0.5) is 10.1 Å². The molecule has 1 aliphatic rings. The van der Waals surface area contributed by atoms with Crippen molar-refractivity contribution >= 4 is 27.5 Å². The van der Waals surface area contributed by atoms with Gasteiger partial charge in [0.2, 0.25) is 0 Å². The van der Waals surface area contributed by atoms with E-state index in [0.29, 0.717) is 33.5 Å². The number of hydrogen-bond donors (Lipinski definition) is 0. The van der Waals surface area contributed by atoms with Crippen molar-refractivity contribution in [2.24, 2.45) is 7.05 Å². The van der Waals surface area contributed by atoms with Crippen molar-refractivity contribution in [3.05, 3.63) is 59.0 Å². The predicted molar refractivity (Wildman–Crippen MR) is 117 cm³/mol. The fourth-order valence-electron chi connectivity index (χ4n) is 4.53. The summed E-state index contributed by atoms with van der Waals surface area (Å²) in [5, 5.41) is 5.30. The lowest BCUT2D eigenvalue weighted by Gasteiger charge is -2.33. The van der Waals surface area contributed by atoms with E-state index in [1.165, 1.54) is 49.1 Å². The van der Waals surface area contributed by atoms with E-state index in [1.54, 1.807) is 24.0 Å². The van der Waals surface area contributed by atoms with E-state index >= 15 is 0 Å². The van der Waals surface area contributed by atoms with E-state index in [4.69, 9.17) is 0 Å². The third kappa shape index (κ3) is 3.14. The van der Waals surface area contributed by atoms with Gasteiger partial charge in [-0.05, 0) is 37.1 Å². The fraction of sp³-hybridized carbons (Fsp3) is 0.348. The minimum Gasteiger partial charge on any atom is -0.372 e. The molecule has 30 heavy (non-hydrogen) atoms. The average Bonchev–Trinajstić information content (AvgIpc) is 3.15. The molecule has 2 aromatic carbocycles. The summed E-state index contributed by atoms with van der Waals surface area (Å²) in [7, 11) is 3.84. The normalized spacial score (nSPS) is 15.2. The van der Waals surface area contributed by atoms with E-state index in [9.17, 15) is 9.18 Å². The lowest BCUT2D eigenvalue weighted by Crippen LogP contribution is -2.33. The Labute approximate surface area is 173 Å². The van der Waals surface area contributed by atoms with Gasteiger partial charge >= 0.3 is 0 Å². The number of halogens is 1. The van der Waals surface area contributed by atoms with Crippen LogP contribution in [0.25, 0.3) is 27.5 Å². The van der Waals surface area contributed by atoms with Gasteiger partial charge in [0.05, 0.1) is 16.6 Å². The molecule has 0 aliphatic heterocycles. The molecule has 4 aromatic rings. The maximum Gasteiger partial charge on any atom is 0.265 e. The first-order chi connectivity index (χ1) is 14.5. The molecule has 0 bridgehead atoms. The van der Waals surface area contributed by atoms with Gasteiger partial charge in [0.25, 0.3) is 5.56 Å². The summed E-state index contributed by atoms with van der Waals surface area (Å²) in [4.78, 5) is 20.0. The summed E-state index contributed by atoms with van der Waals surface area (Å²) in [5.41, 5.74) is 2.18. The first-order valence-electron chi connectivity index (χ1n) is 10.4. The van der Waals surface area contributed by atoms with E-state index in [0.717, 1.165) is 5.69 Å². The molecule has 0 unspecified atom stereocenters. The number of aromatic nitrogens is 4. The molecule has 0 atom stereocenters. The number of rotatable bonds is 3. The SMILES string of the molecule is CN(c1ccc2ncn(-c3cc(F)c4nn(C)cc4c3)c(=O)c2c1)C1CCCCC1. The Hall–Kier alpha value is -3.22. The third-order valence-electron chi connectivity index (χ3n) is 6.21. The number of fused-ring (bicyclic) bond motifs is 2. The van der Waals surface area contributed by atoms with E-state index in [2.05, 4.69) is 22.0 Å². The van der Waals surface area contributed by atoms with Gasteiger partial charge in [-0.2, -0.15) is 5.10 Å². The largest absolute Gasteiger partial charge is 0.372 e. The summed E-state index contributed by atoms with van der Waals surface area (Å²) in [6, 6.07) is 9.42. The highest BCUT2D eigenvalue weighted by Crippen LogP contribution is 2.27. The molecule has 0 amide bonds. The average molecular weight is 405 g/mol. The molecule has 0 spiro atoms. The maximum atomic E-state index is 14.5. The number of hydrogen-bond acceptors (Lipinski definition) is 4. The standard InChI is InChI=1S/C23H24FN5O/c1-27-13-15-10-18(12-20(24)22(15)26-27)29-14-25-21-9-8-17(11-19(21)23(29)30)28(2)16-6-4-3-5-7-16/h8-14,16H,3-7H2,1-2H3. The Morgan fingerprint density at radius 1 is 1.13 bits per heavy atom. The summed E-state index contributed by atoms with van der Waals surface area (Å²) >= 11 is 0. The van der Waals surface area contributed by atoms with Crippen molar-refractivity contribution in [3.63, 3.8) is 0 Å². The Kier molecular flexibility index (Phi) is 4.53. The van der Waals surface area contributed by atoms with Gasteiger partial charge in [-0.1, -0.05) is 19.3 Å². The van der Waals surface area contributed by atoms with Crippen molar-refractivity contribution in [2.75, 3.05) is 11.9 Å². The summed E-state index contributed by atoms with van der Waals surface area (Å²) in [6.07, 6.45) is 9.35. The Morgan fingerprint density at radius 3 is 2.73 bits per heavy atom. The first-order valence-corrected chi connectivity index (χ1v) is 10.4. The fourth-order valence-corrected chi connectivity index (χ4v) is 4.53. The zero-order chi connectivity index (χ0) is 20.8. The summed E-state index contributed by atoms with van der Waals surface area (Å²) < 4.78 is 17.5. The van der Waals surface area contributed by atoms with Crippen LogP contribution in [-0.4, -0.2) is 32.4 Å². The molecule has 1 aliphatic carbocycles. The highest BCUT2D eigenvalue weighted by molar-refractivity contribution is 5.83. The van der Waals surface area contributed by atoms with Crippen LogP contribution in [0, 0.1) is 5.82 Å². The van der Waals surface area contributed by atoms with Crippen LogP contribution in [0.15, 0.2) is 47.7 Å². The minimum atomic E-state index is -0.458.